The molecule has 104 valence electrons. The van der Waals surface area contributed by atoms with Gasteiger partial charge in [-0.1, -0.05) is 19.4 Å². The van der Waals surface area contributed by atoms with Crippen LogP contribution in [0.1, 0.15) is 35.7 Å². The molecule has 2 N–H and O–H groups in total. The van der Waals surface area contributed by atoms with Crippen molar-refractivity contribution in [3.8, 4) is 0 Å². The molecular formula is C14H19NO3S. The normalized spacial score (nSPS) is 10.2. The number of carbonyl (C=O) groups excluding carboxylic acids is 1. The first kappa shape index (κ1) is 15.6. The Morgan fingerprint density at radius 2 is 2.11 bits per heavy atom. The predicted molar refractivity (Wildman–Crippen MR) is 76.8 cm³/mol. The second kappa shape index (κ2) is 7.84. The molecule has 0 unspecified atom stereocenters. The molecule has 5 heteroatoms. The van der Waals surface area contributed by atoms with Crippen LogP contribution < -0.4 is 5.32 Å². The number of carbonyl (C=O) groups is 2. The van der Waals surface area contributed by atoms with Crippen molar-refractivity contribution in [1.29, 1.82) is 0 Å². The third kappa shape index (κ3) is 5.34. The number of nitrogens with one attached hydrogen (secondary N) is 1. The average Bonchev–Trinajstić information content (AvgIpc) is 2.37. The number of hydrogen-bond donors (Lipinski definition) is 2. The summed E-state index contributed by atoms with van der Waals surface area (Å²) in [5.74, 6) is -0.652. The maximum Gasteiger partial charge on any atom is 0.335 e. The number of carboxylic acids is 1. The van der Waals surface area contributed by atoms with Gasteiger partial charge in [0.15, 0.2) is 0 Å². The molecule has 0 radical (unpaired) electrons. The van der Waals surface area contributed by atoms with Crippen LogP contribution in [0.2, 0.25) is 0 Å². The first-order chi connectivity index (χ1) is 9.04. The summed E-state index contributed by atoms with van der Waals surface area (Å²) >= 11 is 1.37. The van der Waals surface area contributed by atoms with E-state index >= 15 is 0 Å². The van der Waals surface area contributed by atoms with E-state index in [1.165, 1.54) is 11.8 Å². The third-order valence-corrected chi connectivity index (χ3v) is 3.80. The van der Waals surface area contributed by atoms with E-state index in [0.717, 1.165) is 23.3 Å². The maximum absolute atomic E-state index is 11.6. The van der Waals surface area contributed by atoms with Gasteiger partial charge in [-0.2, -0.15) is 0 Å². The zero-order valence-electron chi connectivity index (χ0n) is 11.2. The van der Waals surface area contributed by atoms with Gasteiger partial charge in [0.1, 0.15) is 0 Å². The van der Waals surface area contributed by atoms with Crippen molar-refractivity contribution in [3.05, 3.63) is 29.3 Å². The van der Waals surface area contributed by atoms with Crippen LogP contribution >= 0.6 is 11.8 Å². The molecule has 1 aromatic rings. The van der Waals surface area contributed by atoms with Gasteiger partial charge in [-0.3, -0.25) is 4.79 Å². The number of amides is 1. The van der Waals surface area contributed by atoms with E-state index in [4.69, 9.17) is 5.11 Å². The molecule has 0 fully saturated rings. The highest BCUT2D eigenvalue weighted by Gasteiger charge is 2.08. The lowest BCUT2D eigenvalue weighted by atomic mass is 10.1. The van der Waals surface area contributed by atoms with Gasteiger partial charge < -0.3 is 10.4 Å². The molecule has 19 heavy (non-hydrogen) atoms. The van der Waals surface area contributed by atoms with E-state index < -0.39 is 5.97 Å². The maximum atomic E-state index is 11.6. The molecular weight excluding hydrogens is 262 g/mol. The molecule has 0 atom stereocenters. The molecule has 1 rings (SSSR count). The van der Waals surface area contributed by atoms with Crippen LogP contribution in [0.5, 0.6) is 0 Å². The van der Waals surface area contributed by atoms with E-state index in [1.807, 2.05) is 6.92 Å². The summed E-state index contributed by atoms with van der Waals surface area (Å²) in [6, 6.07) is 4.95. The SMILES string of the molecule is CCCCNC(=O)CSc1cc(C(=O)O)ccc1C. The highest BCUT2D eigenvalue weighted by atomic mass is 32.2. The third-order valence-electron chi connectivity index (χ3n) is 2.65. The number of carboxylic acid groups (broad SMARTS) is 1. The molecule has 0 spiro atoms. The minimum absolute atomic E-state index is 0.0152. The summed E-state index contributed by atoms with van der Waals surface area (Å²) < 4.78 is 0. The number of thioether (sulfide) groups is 1. The second-order valence-electron chi connectivity index (χ2n) is 4.28. The molecule has 1 amide bonds. The molecule has 1 aromatic carbocycles. The van der Waals surface area contributed by atoms with E-state index in [1.54, 1.807) is 18.2 Å². The Hall–Kier alpha value is -1.49. The van der Waals surface area contributed by atoms with Crippen molar-refractivity contribution in [1.82, 2.24) is 5.32 Å². The number of aromatic carboxylic acids is 1. The zero-order chi connectivity index (χ0) is 14.3. The van der Waals surface area contributed by atoms with Gasteiger partial charge in [-0.05, 0) is 31.0 Å². The van der Waals surface area contributed by atoms with E-state index in [-0.39, 0.29) is 11.5 Å². The fourth-order valence-electron chi connectivity index (χ4n) is 1.49. The lowest BCUT2D eigenvalue weighted by Crippen LogP contribution is -2.26. The fourth-order valence-corrected chi connectivity index (χ4v) is 2.38. The van der Waals surface area contributed by atoms with Crippen LogP contribution in [0.4, 0.5) is 0 Å². The number of aryl methyl sites for hydroxylation is 1. The molecule has 0 aliphatic rings. The molecule has 0 saturated heterocycles. The highest BCUT2D eigenvalue weighted by molar-refractivity contribution is 8.00. The van der Waals surface area contributed by atoms with Crippen LogP contribution in [0.25, 0.3) is 0 Å². The van der Waals surface area contributed by atoms with Crippen molar-refractivity contribution in [2.45, 2.75) is 31.6 Å². The molecule has 4 nitrogen and oxygen atoms in total. The number of benzene rings is 1. The standard InChI is InChI=1S/C14H19NO3S/c1-3-4-7-15-13(16)9-19-12-8-11(14(17)18)6-5-10(12)2/h5-6,8H,3-4,7,9H2,1-2H3,(H,15,16)(H,17,18). The lowest BCUT2D eigenvalue weighted by Gasteiger charge is -2.07. The van der Waals surface area contributed by atoms with Crippen LogP contribution in [-0.2, 0) is 4.79 Å². The Balaban J connectivity index is 2.54. The predicted octanol–water partition coefficient (Wildman–Crippen LogP) is 2.70. The number of unbranched alkanes of at least 4 members (excludes halogenated alkanes) is 1. The smallest absolute Gasteiger partial charge is 0.335 e. The number of hydrogen-bond acceptors (Lipinski definition) is 3. The lowest BCUT2D eigenvalue weighted by molar-refractivity contribution is -0.118. The Morgan fingerprint density at radius 1 is 1.37 bits per heavy atom. The quantitative estimate of drug-likeness (QED) is 0.595. The largest absolute Gasteiger partial charge is 0.478 e. The molecule has 0 bridgehead atoms. The van der Waals surface area contributed by atoms with Gasteiger partial charge in [-0.25, -0.2) is 4.79 Å². The Bertz CT molecular complexity index is 460. The van der Waals surface area contributed by atoms with Crippen LogP contribution in [0, 0.1) is 6.92 Å². The minimum Gasteiger partial charge on any atom is -0.478 e. The molecule has 0 heterocycles. The van der Waals surface area contributed by atoms with E-state index in [9.17, 15) is 9.59 Å². The Morgan fingerprint density at radius 3 is 2.74 bits per heavy atom. The van der Waals surface area contributed by atoms with Crippen molar-refractivity contribution in [2.75, 3.05) is 12.3 Å². The molecule has 0 saturated carbocycles. The van der Waals surface area contributed by atoms with E-state index in [2.05, 4.69) is 12.2 Å². The van der Waals surface area contributed by atoms with Crippen molar-refractivity contribution in [2.24, 2.45) is 0 Å². The highest BCUT2D eigenvalue weighted by Crippen LogP contribution is 2.23. The van der Waals surface area contributed by atoms with Crippen molar-refractivity contribution >= 4 is 23.6 Å². The monoisotopic (exact) mass is 281 g/mol. The average molecular weight is 281 g/mol. The molecule has 0 aromatic heterocycles. The zero-order valence-corrected chi connectivity index (χ0v) is 12.0. The van der Waals surface area contributed by atoms with Crippen LogP contribution in [-0.4, -0.2) is 29.3 Å². The summed E-state index contributed by atoms with van der Waals surface area (Å²) in [5, 5.41) is 11.8. The first-order valence-electron chi connectivity index (χ1n) is 6.28. The summed E-state index contributed by atoms with van der Waals surface area (Å²) in [5.41, 5.74) is 1.23. The van der Waals surface area contributed by atoms with Gasteiger partial charge >= 0.3 is 5.97 Å². The second-order valence-corrected chi connectivity index (χ2v) is 5.29. The summed E-state index contributed by atoms with van der Waals surface area (Å²) in [6.45, 7) is 4.68. The van der Waals surface area contributed by atoms with Gasteiger partial charge in [0, 0.05) is 11.4 Å². The minimum atomic E-state index is -0.950. The Kier molecular flexibility index (Phi) is 6.42. The van der Waals surface area contributed by atoms with Gasteiger partial charge in [-0.15, -0.1) is 11.8 Å². The van der Waals surface area contributed by atoms with Crippen molar-refractivity contribution in [3.63, 3.8) is 0 Å². The Labute approximate surface area is 117 Å². The van der Waals surface area contributed by atoms with Crippen LogP contribution in [0.15, 0.2) is 23.1 Å². The van der Waals surface area contributed by atoms with Crippen LogP contribution in [0.3, 0.4) is 0 Å². The number of rotatable bonds is 7. The molecule has 0 aliphatic heterocycles. The van der Waals surface area contributed by atoms with Crippen molar-refractivity contribution < 1.29 is 14.7 Å². The topological polar surface area (TPSA) is 66.4 Å². The summed E-state index contributed by atoms with van der Waals surface area (Å²) in [7, 11) is 0. The van der Waals surface area contributed by atoms with Gasteiger partial charge in [0.2, 0.25) is 5.91 Å². The first-order valence-corrected chi connectivity index (χ1v) is 7.26. The fraction of sp³-hybridized carbons (Fsp3) is 0.429. The summed E-state index contributed by atoms with van der Waals surface area (Å²) in [6.07, 6.45) is 2.02. The van der Waals surface area contributed by atoms with Gasteiger partial charge in [0.05, 0.1) is 11.3 Å². The molecule has 0 aliphatic carbocycles. The van der Waals surface area contributed by atoms with Gasteiger partial charge in [0.25, 0.3) is 0 Å². The van der Waals surface area contributed by atoms with E-state index in [0.29, 0.717) is 12.3 Å². The summed E-state index contributed by atoms with van der Waals surface area (Å²) in [4.78, 5) is 23.3.